The van der Waals surface area contributed by atoms with E-state index in [9.17, 15) is 0 Å². The van der Waals surface area contributed by atoms with Gasteiger partial charge in [-0.2, -0.15) is 5.26 Å². The van der Waals surface area contributed by atoms with Crippen molar-refractivity contribution >= 4 is 0 Å². The predicted molar refractivity (Wildman–Crippen MR) is 64.4 cm³/mol. The molecule has 0 fully saturated rings. The maximum Gasteiger partial charge on any atom is 0.122 e. The number of nitrogens with two attached hydrogens (primary N) is 1. The fourth-order valence-electron chi connectivity index (χ4n) is 2.05. The molecule has 86 valence electrons. The SMILES string of the molecule is COc1cc(C)c(C(N)CC#N)c(C)c1C. The highest BCUT2D eigenvalue weighted by molar-refractivity contribution is 5.49. The minimum absolute atomic E-state index is 0.213. The number of benzene rings is 1. The lowest BCUT2D eigenvalue weighted by molar-refractivity contribution is 0.410. The van der Waals surface area contributed by atoms with Crippen LogP contribution in [0.5, 0.6) is 5.75 Å². The number of ether oxygens (including phenoxy) is 1. The summed E-state index contributed by atoms with van der Waals surface area (Å²) >= 11 is 0. The van der Waals surface area contributed by atoms with Crippen LogP contribution in [-0.2, 0) is 0 Å². The first-order valence-electron chi connectivity index (χ1n) is 5.30. The van der Waals surface area contributed by atoms with Crippen LogP contribution >= 0.6 is 0 Å². The Morgan fingerprint density at radius 3 is 2.50 bits per heavy atom. The Morgan fingerprint density at radius 1 is 1.38 bits per heavy atom. The Kier molecular flexibility index (Phi) is 3.92. The lowest BCUT2D eigenvalue weighted by Gasteiger charge is -2.19. The van der Waals surface area contributed by atoms with Crippen molar-refractivity contribution in [2.24, 2.45) is 5.73 Å². The predicted octanol–water partition coefficient (Wildman–Crippen LogP) is 2.53. The normalized spacial score (nSPS) is 12.0. The van der Waals surface area contributed by atoms with E-state index in [0.717, 1.165) is 28.0 Å². The molecule has 1 aromatic rings. The zero-order chi connectivity index (χ0) is 12.3. The van der Waals surface area contributed by atoms with Crippen LogP contribution in [0.25, 0.3) is 0 Å². The third-order valence-electron chi connectivity index (χ3n) is 3.01. The molecule has 0 bridgehead atoms. The molecule has 1 unspecified atom stereocenters. The second-order valence-corrected chi connectivity index (χ2v) is 4.03. The number of nitriles is 1. The average Bonchev–Trinajstić information content (AvgIpc) is 2.24. The summed E-state index contributed by atoms with van der Waals surface area (Å²) < 4.78 is 5.30. The highest BCUT2D eigenvalue weighted by Crippen LogP contribution is 2.31. The molecule has 3 nitrogen and oxygen atoms in total. The van der Waals surface area contributed by atoms with Gasteiger partial charge in [-0.3, -0.25) is 0 Å². The van der Waals surface area contributed by atoms with Gasteiger partial charge < -0.3 is 10.5 Å². The maximum atomic E-state index is 8.70. The van der Waals surface area contributed by atoms with Gasteiger partial charge in [0.15, 0.2) is 0 Å². The molecule has 1 rings (SSSR count). The first-order chi connectivity index (χ1) is 7.52. The van der Waals surface area contributed by atoms with Crippen molar-refractivity contribution in [3.05, 3.63) is 28.3 Å². The van der Waals surface area contributed by atoms with Crippen LogP contribution in [0.3, 0.4) is 0 Å². The minimum Gasteiger partial charge on any atom is -0.496 e. The van der Waals surface area contributed by atoms with E-state index >= 15 is 0 Å². The summed E-state index contributed by atoms with van der Waals surface area (Å²) in [5, 5.41) is 8.70. The molecule has 0 aliphatic rings. The molecule has 0 aliphatic heterocycles. The molecule has 0 amide bonds. The number of hydrogen-bond acceptors (Lipinski definition) is 3. The summed E-state index contributed by atoms with van der Waals surface area (Å²) in [5.41, 5.74) is 10.4. The van der Waals surface area contributed by atoms with Crippen LogP contribution in [0.15, 0.2) is 6.07 Å². The summed E-state index contributed by atoms with van der Waals surface area (Å²) in [4.78, 5) is 0. The van der Waals surface area contributed by atoms with E-state index < -0.39 is 0 Å². The molecule has 0 spiro atoms. The second-order valence-electron chi connectivity index (χ2n) is 4.03. The summed E-state index contributed by atoms with van der Waals surface area (Å²) in [5.74, 6) is 0.878. The van der Waals surface area contributed by atoms with E-state index in [0.29, 0.717) is 6.42 Å². The Hall–Kier alpha value is -1.53. The zero-order valence-corrected chi connectivity index (χ0v) is 10.3. The smallest absolute Gasteiger partial charge is 0.122 e. The topological polar surface area (TPSA) is 59.0 Å². The van der Waals surface area contributed by atoms with Gasteiger partial charge in [-0.15, -0.1) is 0 Å². The molecular formula is C13H18N2O. The highest BCUT2D eigenvalue weighted by atomic mass is 16.5. The molecule has 1 aromatic carbocycles. The first kappa shape index (κ1) is 12.5. The molecule has 2 N–H and O–H groups in total. The van der Waals surface area contributed by atoms with Crippen molar-refractivity contribution in [2.45, 2.75) is 33.2 Å². The summed E-state index contributed by atoms with van der Waals surface area (Å²) in [6.45, 7) is 6.04. The average molecular weight is 218 g/mol. The molecular weight excluding hydrogens is 200 g/mol. The first-order valence-corrected chi connectivity index (χ1v) is 5.30. The molecule has 0 aliphatic carbocycles. The van der Waals surface area contributed by atoms with Gasteiger partial charge in [-0.1, -0.05) is 0 Å². The maximum absolute atomic E-state index is 8.70. The quantitative estimate of drug-likeness (QED) is 0.848. The van der Waals surface area contributed by atoms with Crippen molar-refractivity contribution in [1.82, 2.24) is 0 Å². The van der Waals surface area contributed by atoms with E-state index in [2.05, 4.69) is 6.07 Å². The van der Waals surface area contributed by atoms with Crippen LogP contribution in [0.2, 0.25) is 0 Å². The third-order valence-corrected chi connectivity index (χ3v) is 3.01. The fourth-order valence-corrected chi connectivity index (χ4v) is 2.05. The Morgan fingerprint density at radius 2 is 2.00 bits per heavy atom. The Bertz CT molecular complexity index is 433. The number of nitrogens with zero attached hydrogens (tertiary/aromatic N) is 1. The number of hydrogen-bond donors (Lipinski definition) is 1. The van der Waals surface area contributed by atoms with Crippen LogP contribution < -0.4 is 10.5 Å². The third kappa shape index (κ3) is 2.17. The summed E-state index contributed by atoms with van der Waals surface area (Å²) in [7, 11) is 1.66. The van der Waals surface area contributed by atoms with E-state index in [1.807, 2.05) is 26.8 Å². The molecule has 1 atom stereocenters. The van der Waals surface area contributed by atoms with Crippen LogP contribution in [0, 0.1) is 32.1 Å². The van der Waals surface area contributed by atoms with Crippen LogP contribution in [0.1, 0.15) is 34.7 Å². The van der Waals surface area contributed by atoms with Gasteiger partial charge in [0.1, 0.15) is 5.75 Å². The van der Waals surface area contributed by atoms with E-state index in [-0.39, 0.29) is 6.04 Å². The highest BCUT2D eigenvalue weighted by Gasteiger charge is 2.15. The van der Waals surface area contributed by atoms with Gasteiger partial charge in [0.25, 0.3) is 0 Å². The Balaban J connectivity index is 3.31. The van der Waals surface area contributed by atoms with E-state index in [1.165, 1.54) is 0 Å². The summed E-state index contributed by atoms with van der Waals surface area (Å²) in [6.07, 6.45) is 0.341. The molecule has 0 radical (unpaired) electrons. The van der Waals surface area contributed by atoms with Crippen LogP contribution in [-0.4, -0.2) is 7.11 Å². The van der Waals surface area contributed by atoms with Gasteiger partial charge in [-0.05, 0) is 49.1 Å². The van der Waals surface area contributed by atoms with Crippen molar-refractivity contribution in [3.8, 4) is 11.8 Å². The second kappa shape index (κ2) is 5.00. The van der Waals surface area contributed by atoms with Gasteiger partial charge in [0.05, 0.1) is 19.6 Å². The number of aryl methyl sites for hydroxylation is 1. The van der Waals surface area contributed by atoms with Gasteiger partial charge in [-0.25, -0.2) is 0 Å². The van der Waals surface area contributed by atoms with Gasteiger partial charge >= 0.3 is 0 Å². The van der Waals surface area contributed by atoms with Crippen molar-refractivity contribution in [3.63, 3.8) is 0 Å². The van der Waals surface area contributed by atoms with Crippen molar-refractivity contribution in [1.29, 1.82) is 5.26 Å². The monoisotopic (exact) mass is 218 g/mol. The fraction of sp³-hybridized carbons (Fsp3) is 0.462. The molecule has 0 heterocycles. The zero-order valence-electron chi connectivity index (χ0n) is 10.3. The largest absolute Gasteiger partial charge is 0.496 e. The molecule has 3 heteroatoms. The van der Waals surface area contributed by atoms with Crippen molar-refractivity contribution < 1.29 is 4.74 Å². The summed E-state index contributed by atoms with van der Waals surface area (Å²) in [6, 6.07) is 3.88. The van der Waals surface area contributed by atoms with Crippen molar-refractivity contribution in [2.75, 3.05) is 7.11 Å². The standard InChI is InChI=1S/C13H18N2O/c1-8-7-12(16-4)9(2)10(3)13(8)11(15)5-6-14/h7,11H,5,15H2,1-4H3. The Labute approximate surface area is 96.8 Å². The lowest BCUT2D eigenvalue weighted by Crippen LogP contribution is -2.13. The van der Waals surface area contributed by atoms with Gasteiger partial charge in [0, 0.05) is 6.04 Å². The number of rotatable bonds is 3. The number of methoxy groups -OCH3 is 1. The minimum atomic E-state index is -0.213. The lowest BCUT2D eigenvalue weighted by atomic mass is 9.91. The molecule has 0 saturated heterocycles. The van der Waals surface area contributed by atoms with E-state index in [1.54, 1.807) is 7.11 Å². The van der Waals surface area contributed by atoms with Crippen LogP contribution in [0.4, 0.5) is 0 Å². The molecule has 0 saturated carbocycles. The van der Waals surface area contributed by atoms with E-state index in [4.69, 9.17) is 15.7 Å². The molecule has 16 heavy (non-hydrogen) atoms. The van der Waals surface area contributed by atoms with Gasteiger partial charge in [0.2, 0.25) is 0 Å². The molecule has 0 aromatic heterocycles.